The molecule has 6 heteroatoms. The van der Waals surface area contributed by atoms with E-state index in [9.17, 15) is 4.79 Å². The maximum atomic E-state index is 12.2. The van der Waals surface area contributed by atoms with Crippen LogP contribution in [0, 0.1) is 12.8 Å². The van der Waals surface area contributed by atoms with Crippen LogP contribution < -0.4 is 10.6 Å². The van der Waals surface area contributed by atoms with Gasteiger partial charge in [0.15, 0.2) is 0 Å². The summed E-state index contributed by atoms with van der Waals surface area (Å²) in [5, 5.41) is 11.1. The van der Waals surface area contributed by atoms with E-state index in [0.29, 0.717) is 12.0 Å². The van der Waals surface area contributed by atoms with Gasteiger partial charge in [-0.25, -0.2) is 0 Å². The van der Waals surface area contributed by atoms with Crippen LogP contribution in [0.3, 0.4) is 0 Å². The number of nitrogens with zero attached hydrogens (tertiary/aromatic N) is 3. The Morgan fingerprint density at radius 2 is 2.24 bits per heavy atom. The molecule has 2 atom stereocenters. The van der Waals surface area contributed by atoms with Crippen molar-refractivity contribution in [3.63, 3.8) is 0 Å². The number of rotatable bonds is 6. The monoisotopic (exact) mass is 347 g/mol. The Kier molecular flexibility index (Phi) is 6.12. The third-order valence-corrected chi connectivity index (χ3v) is 5.49. The van der Waals surface area contributed by atoms with Crippen LogP contribution in [-0.4, -0.2) is 52.8 Å². The van der Waals surface area contributed by atoms with Gasteiger partial charge in [0.2, 0.25) is 5.91 Å². The van der Waals surface area contributed by atoms with Gasteiger partial charge in [-0.1, -0.05) is 0 Å². The van der Waals surface area contributed by atoms with Gasteiger partial charge < -0.3 is 10.6 Å². The molecule has 2 N–H and O–H groups in total. The highest BCUT2D eigenvalue weighted by atomic mass is 16.2. The van der Waals surface area contributed by atoms with E-state index < -0.39 is 0 Å². The maximum Gasteiger partial charge on any atom is 0.237 e. The van der Waals surface area contributed by atoms with Crippen LogP contribution in [0.15, 0.2) is 6.20 Å². The zero-order valence-electron chi connectivity index (χ0n) is 15.9. The first-order valence-corrected chi connectivity index (χ1v) is 9.81. The summed E-state index contributed by atoms with van der Waals surface area (Å²) in [6.07, 6.45) is 6.69. The molecule has 2 saturated heterocycles. The summed E-state index contributed by atoms with van der Waals surface area (Å²) < 4.78 is 2.06. The summed E-state index contributed by atoms with van der Waals surface area (Å²) in [5.74, 6) is 0.739. The molecule has 0 aromatic carbocycles. The fourth-order valence-corrected chi connectivity index (χ4v) is 3.92. The minimum Gasteiger partial charge on any atom is -0.354 e. The van der Waals surface area contributed by atoms with E-state index in [1.807, 2.05) is 0 Å². The van der Waals surface area contributed by atoms with E-state index >= 15 is 0 Å². The Hall–Kier alpha value is -1.40. The largest absolute Gasteiger partial charge is 0.354 e. The van der Waals surface area contributed by atoms with Gasteiger partial charge in [-0.15, -0.1) is 0 Å². The van der Waals surface area contributed by atoms with Gasteiger partial charge in [-0.3, -0.25) is 14.4 Å². The smallest absolute Gasteiger partial charge is 0.237 e. The molecule has 6 nitrogen and oxygen atoms in total. The molecule has 3 heterocycles. The molecule has 2 unspecified atom stereocenters. The lowest BCUT2D eigenvalue weighted by molar-refractivity contribution is -0.123. The van der Waals surface area contributed by atoms with Crippen LogP contribution >= 0.6 is 0 Å². The second-order valence-corrected chi connectivity index (χ2v) is 7.95. The molecule has 0 spiro atoms. The third-order valence-electron chi connectivity index (χ3n) is 5.49. The average molecular weight is 348 g/mol. The maximum absolute atomic E-state index is 12.2. The number of nitrogens with one attached hydrogen (secondary N) is 2. The van der Waals surface area contributed by atoms with E-state index in [4.69, 9.17) is 0 Å². The molecule has 2 fully saturated rings. The Morgan fingerprint density at radius 3 is 2.92 bits per heavy atom. The molecule has 1 aromatic heterocycles. The van der Waals surface area contributed by atoms with Crippen molar-refractivity contribution in [3.8, 4) is 0 Å². The minimum absolute atomic E-state index is 0.0317. The molecule has 0 radical (unpaired) electrons. The third kappa shape index (κ3) is 4.82. The summed E-state index contributed by atoms with van der Waals surface area (Å²) in [5.41, 5.74) is 2.46. The van der Waals surface area contributed by atoms with Gasteiger partial charge in [-0.05, 0) is 65.5 Å². The first-order valence-electron chi connectivity index (χ1n) is 9.81. The lowest BCUT2D eigenvalue weighted by Gasteiger charge is -2.32. The Balaban J connectivity index is 1.48. The zero-order valence-corrected chi connectivity index (χ0v) is 15.9. The van der Waals surface area contributed by atoms with Crippen molar-refractivity contribution in [2.24, 2.45) is 5.92 Å². The molecule has 2 aliphatic rings. The molecule has 2 aliphatic heterocycles. The lowest BCUT2D eigenvalue weighted by Crippen LogP contribution is -2.45. The van der Waals surface area contributed by atoms with Gasteiger partial charge in [-0.2, -0.15) is 5.10 Å². The second kappa shape index (κ2) is 8.32. The number of aromatic nitrogens is 2. The highest BCUT2D eigenvalue weighted by molar-refractivity contribution is 5.81. The van der Waals surface area contributed by atoms with Crippen molar-refractivity contribution in [2.45, 2.75) is 65.1 Å². The highest BCUT2D eigenvalue weighted by Crippen LogP contribution is 2.20. The lowest BCUT2D eigenvalue weighted by atomic mass is 9.97. The van der Waals surface area contributed by atoms with Crippen molar-refractivity contribution in [1.29, 1.82) is 0 Å². The fourth-order valence-electron chi connectivity index (χ4n) is 3.92. The van der Waals surface area contributed by atoms with Gasteiger partial charge in [0, 0.05) is 37.4 Å². The number of carbonyl (C=O) groups is 1. The fraction of sp³-hybridized carbons (Fsp3) is 0.789. The standard InChI is InChI=1S/C19H33N5O/c1-14(2)24-13-17(15(3)22-24)12-23-9-5-6-16(11-23)10-21-19(25)18-7-4-8-20-18/h13-14,16,18,20H,4-12H2,1-3H3,(H,21,25). The SMILES string of the molecule is Cc1nn(C(C)C)cc1CN1CCCC(CNC(=O)C2CCCN2)C1. The van der Waals surface area contributed by atoms with Crippen LogP contribution in [0.5, 0.6) is 0 Å². The Morgan fingerprint density at radius 1 is 1.40 bits per heavy atom. The molecule has 25 heavy (non-hydrogen) atoms. The molecule has 0 saturated carbocycles. The zero-order chi connectivity index (χ0) is 17.8. The van der Waals surface area contributed by atoms with Gasteiger partial charge >= 0.3 is 0 Å². The van der Waals surface area contributed by atoms with Crippen LogP contribution in [0.4, 0.5) is 0 Å². The van der Waals surface area contributed by atoms with Crippen molar-refractivity contribution >= 4 is 5.91 Å². The quantitative estimate of drug-likeness (QED) is 0.824. The molecule has 140 valence electrons. The molecular weight excluding hydrogens is 314 g/mol. The predicted molar refractivity (Wildman–Crippen MR) is 99.4 cm³/mol. The first-order chi connectivity index (χ1) is 12.0. The summed E-state index contributed by atoms with van der Waals surface area (Å²) in [6, 6.07) is 0.435. The summed E-state index contributed by atoms with van der Waals surface area (Å²) >= 11 is 0. The van der Waals surface area contributed by atoms with Crippen LogP contribution in [-0.2, 0) is 11.3 Å². The normalized spacial score (nSPS) is 24.8. The Bertz CT molecular complexity index is 576. The molecule has 0 aliphatic carbocycles. The van der Waals surface area contributed by atoms with Gasteiger partial charge in [0.1, 0.15) is 0 Å². The van der Waals surface area contributed by atoms with Crippen molar-refractivity contribution in [1.82, 2.24) is 25.3 Å². The molecule has 1 amide bonds. The van der Waals surface area contributed by atoms with Crippen LogP contribution in [0.1, 0.15) is 56.8 Å². The van der Waals surface area contributed by atoms with E-state index in [-0.39, 0.29) is 11.9 Å². The molecule has 0 bridgehead atoms. The van der Waals surface area contributed by atoms with E-state index in [1.165, 1.54) is 18.4 Å². The van der Waals surface area contributed by atoms with E-state index in [2.05, 4.69) is 52.3 Å². The number of piperidine rings is 1. The predicted octanol–water partition coefficient (Wildman–Crippen LogP) is 1.85. The number of carbonyl (C=O) groups excluding carboxylic acids is 1. The average Bonchev–Trinajstić information content (AvgIpc) is 3.24. The topological polar surface area (TPSA) is 62.2 Å². The number of hydrogen-bond acceptors (Lipinski definition) is 4. The molecule has 3 rings (SSSR count). The van der Waals surface area contributed by atoms with Crippen molar-refractivity contribution < 1.29 is 4.79 Å². The van der Waals surface area contributed by atoms with E-state index in [0.717, 1.165) is 51.3 Å². The Labute approximate surface area is 151 Å². The number of hydrogen-bond donors (Lipinski definition) is 2. The summed E-state index contributed by atoms with van der Waals surface area (Å²) in [4.78, 5) is 14.7. The van der Waals surface area contributed by atoms with E-state index in [1.54, 1.807) is 0 Å². The molecule has 1 aromatic rings. The highest BCUT2D eigenvalue weighted by Gasteiger charge is 2.25. The van der Waals surface area contributed by atoms with Crippen LogP contribution in [0.25, 0.3) is 0 Å². The summed E-state index contributed by atoms with van der Waals surface area (Å²) in [6.45, 7) is 11.4. The van der Waals surface area contributed by atoms with Crippen molar-refractivity contribution in [2.75, 3.05) is 26.2 Å². The molecular formula is C19H33N5O. The van der Waals surface area contributed by atoms with Gasteiger partial charge in [0.25, 0.3) is 0 Å². The summed E-state index contributed by atoms with van der Waals surface area (Å²) in [7, 11) is 0. The number of aryl methyl sites for hydroxylation is 1. The number of amides is 1. The van der Waals surface area contributed by atoms with Crippen LogP contribution in [0.2, 0.25) is 0 Å². The first kappa shape index (κ1) is 18.4. The number of likely N-dealkylation sites (tertiary alicyclic amines) is 1. The van der Waals surface area contributed by atoms with Gasteiger partial charge in [0.05, 0.1) is 11.7 Å². The second-order valence-electron chi connectivity index (χ2n) is 7.95. The minimum atomic E-state index is 0.0317. The van der Waals surface area contributed by atoms with Crippen molar-refractivity contribution in [3.05, 3.63) is 17.5 Å².